The number of allylic oxidation sites excluding steroid dienone is 2. The number of hydrogen-bond donors (Lipinski definition) is 2. The Balaban J connectivity index is 1.71. The van der Waals surface area contributed by atoms with Gasteiger partial charge in [-0.05, 0) is 86.5 Å². The summed E-state index contributed by atoms with van der Waals surface area (Å²) in [5, 5.41) is 20.7. The van der Waals surface area contributed by atoms with Gasteiger partial charge in [-0.1, -0.05) is 57.2 Å². The molecule has 0 unspecified atom stereocenters. The van der Waals surface area contributed by atoms with E-state index in [0.29, 0.717) is 12.5 Å². The minimum absolute atomic E-state index is 0.00944. The number of phenols is 1. The van der Waals surface area contributed by atoms with Crippen LogP contribution in [0, 0.1) is 22.7 Å². The van der Waals surface area contributed by atoms with E-state index in [0.717, 1.165) is 56.1 Å². The van der Waals surface area contributed by atoms with Crippen molar-refractivity contribution in [2.45, 2.75) is 71.3 Å². The van der Waals surface area contributed by atoms with Gasteiger partial charge < -0.3 is 14.9 Å². The van der Waals surface area contributed by atoms with Gasteiger partial charge >= 0.3 is 5.97 Å². The average Bonchev–Trinajstić information content (AvgIpc) is 2.76. The summed E-state index contributed by atoms with van der Waals surface area (Å²) in [4.78, 5) is 12.5. The quantitative estimate of drug-likeness (QED) is 0.270. The molecule has 2 saturated carbocycles. The second-order valence-electron chi connectivity index (χ2n) is 10.9. The van der Waals surface area contributed by atoms with E-state index in [1.807, 2.05) is 13.0 Å². The van der Waals surface area contributed by atoms with Gasteiger partial charge in [-0.15, -0.1) is 0 Å². The van der Waals surface area contributed by atoms with E-state index < -0.39 is 5.60 Å². The van der Waals surface area contributed by atoms with E-state index in [-0.39, 0.29) is 28.5 Å². The van der Waals surface area contributed by atoms with Crippen LogP contribution in [0.15, 0.2) is 55.1 Å². The predicted molar refractivity (Wildman–Crippen MR) is 134 cm³/mol. The van der Waals surface area contributed by atoms with Crippen molar-refractivity contribution < 1.29 is 19.7 Å². The maximum atomic E-state index is 12.5. The SMILES string of the molecule is C=CC(=C)CC[C@@H]1[C@@]2(C)CCC[C@@](C)(COC(=O)/C=C/c3ccc(O)cc3)[C@@H]2CC[C@]1(C)O. The number of carbonyl (C=O) groups excluding carboxylic acids is 1. The summed E-state index contributed by atoms with van der Waals surface area (Å²) >= 11 is 0. The lowest BCUT2D eigenvalue weighted by Gasteiger charge is -2.61. The molecule has 4 heteroatoms. The molecule has 0 aliphatic heterocycles. The summed E-state index contributed by atoms with van der Waals surface area (Å²) in [5.41, 5.74) is 1.03. The number of aromatic hydroxyl groups is 1. The summed E-state index contributed by atoms with van der Waals surface area (Å²) in [7, 11) is 0. The summed E-state index contributed by atoms with van der Waals surface area (Å²) in [6.07, 6.45) is 11.6. The zero-order valence-electron chi connectivity index (χ0n) is 20.5. The van der Waals surface area contributed by atoms with Gasteiger partial charge in [0.2, 0.25) is 0 Å². The molecule has 0 aromatic heterocycles. The smallest absolute Gasteiger partial charge is 0.330 e. The number of rotatable bonds is 8. The molecule has 0 saturated heterocycles. The molecule has 1 aromatic carbocycles. The topological polar surface area (TPSA) is 66.8 Å². The molecule has 1 aromatic rings. The number of aliphatic hydroxyl groups is 1. The van der Waals surface area contributed by atoms with Crippen LogP contribution in [-0.4, -0.2) is 28.4 Å². The number of hydrogen-bond acceptors (Lipinski definition) is 4. The Bertz CT molecular complexity index is 897. The van der Waals surface area contributed by atoms with E-state index >= 15 is 0 Å². The molecule has 2 N–H and O–H groups in total. The number of benzene rings is 1. The number of ether oxygens (including phenoxy) is 1. The molecule has 4 nitrogen and oxygen atoms in total. The Morgan fingerprint density at radius 2 is 1.88 bits per heavy atom. The van der Waals surface area contributed by atoms with Crippen molar-refractivity contribution in [3.63, 3.8) is 0 Å². The highest BCUT2D eigenvalue weighted by molar-refractivity contribution is 5.87. The molecule has 0 radical (unpaired) electrons. The lowest BCUT2D eigenvalue weighted by molar-refractivity contribution is -0.185. The van der Waals surface area contributed by atoms with Gasteiger partial charge in [0.1, 0.15) is 5.75 Å². The minimum Gasteiger partial charge on any atom is -0.508 e. The van der Waals surface area contributed by atoms with Crippen LogP contribution in [0.4, 0.5) is 0 Å². The zero-order valence-corrected chi connectivity index (χ0v) is 20.5. The van der Waals surface area contributed by atoms with Crippen molar-refractivity contribution in [2.75, 3.05) is 6.61 Å². The highest BCUT2D eigenvalue weighted by atomic mass is 16.5. The van der Waals surface area contributed by atoms with Gasteiger partial charge in [0.15, 0.2) is 0 Å². The van der Waals surface area contributed by atoms with Crippen LogP contribution in [0.1, 0.15) is 71.3 Å². The van der Waals surface area contributed by atoms with Crippen LogP contribution < -0.4 is 0 Å². The molecule has 180 valence electrons. The van der Waals surface area contributed by atoms with Gasteiger partial charge in [0, 0.05) is 11.5 Å². The number of esters is 1. The summed E-state index contributed by atoms with van der Waals surface area (Å²) in [6, 6.07) is 6.69. The predicted octanol–water partition coefficient (Wildman–Crippen LogP) is 6.44. The molecule has 2 fully saturated rings. The van der Waals surface area contributed by atoms with Crippen LogP contribution in [0.2, 0.25) is 0 Å². The summed E-state index contributed by atoms with van der Waals surface area (Å²) < 4.78 is 5.76. The average molecular weight is 453 g/mol. The van der Waals surface area contributed by atoms with Crippen LogP contribution in [0.5, 0.6) is 5.75 Å². The number of phenolic OH excluding ortho intramolecular Hbond substituents is 1. The van der Waals surface area contributed by atoms with Gasteiger partial charge in [0.25, 0.3) is 0 Å². The molecule has 0 heterocycles. The van der Waals surface area contributed by atoms with Crippen molar-refractivity contribution in [3.8, 4) is 5.75 Å². The van der Waals surface area contributed by atoms with Gasteiger partial charge in [-0.2, -0.15) is 0 Å². The zero-order chi connectivity index (χ0) is 24.3. The molecule has 2 aliphatic carbocycles. The Morgan fingerprint density at radius 3 is 2.55 bits per heavy atom. The van der Waals surface area contributed by atoms with Crippen LogP contribution in [0.25, 0.3) is 6.08 Å². The van der Waals surface area contributed by atoms with E-state index in [4.69, 9.17) is 4.74 Å². The Labute approximate surface area is 199 Å². The first-order chi connectivity index (χ1) is 15.5. The van der Waals surface area contributed by atoms with Crippen LogP contribution >= 0.6 is 0 Å². The minimum atomic E-state index is -0.700. The lowest BCUT2D eigenvalue weighted by atomic mass is 9.45. The first-order valence-corrected chi connectivity index (χ1v) is 12.2. The molecular formula is C29H40O4. The summed E-state index contributed by atoms with van der Waals surface area (Å²) in [6.45, 7) is 14.9. The van der Waals surface area contributed by atoms with E-state index in [1.54, 1.807) is 30.3 Å². The fourth-order valence-electron chi connectivity index (χ4n) is 6.71. The standard InChI is InChI=1S/C29H40O4/c1-6-21(2)8-14-25-28(4)18-7-17-27(3,24(28)16-19-29(25,5)32)20-33-26(31)15-11-22-9-12-23(30)13-10-22/h6,9-13,15,24-25,30,32H,1-2,7-8,14,16-20H2,3-5H3/b15-11+/t24-,25+,27-,28-,29-/m0/s1. The molecular weight excluding hydrogens is 412 g/mol. The third-order valence-corrected chi connectivity index (χ3v) is 8.48. The Morgan fingerprint density at radius 1 is 1.18 bits per heavy atom. The maximum absolute atomic E-state index is 12.5. The van der Waals surface area contributed by atoms with Crippen LogP contribution in [0.3, 0.4) is 0 Å². The number of fused-ring (bicyclic) bond motifs is 1. The lowest BCUT2D eigenvalue weighted by Crippen LogP contribution is -2.59. The molecule has 3 rings (SSSR count). The van der Waals surface area contributed by atoms with E-state index in [2.05, 4.69) is 27.0 Å². The largest absolute Gasteiger partial charge is 0.508 e. The van der Waals surface area contributed by atoms with Crippen molar-refractivity contribution in [3.05, 3.63) is 60.7 Å². The Hall–Kier alpha value is -2.33. The third kappa shape index (κ3) is 5.60. The first kappa shape index (κ1) is 25.3. The second-order valence-corrected chi connectivity index (χ2v) is 10.9. The van der Waals surface area contributed by atoms with Gasteiger partial charge in [-0.25, -0.2) is 4.79 Å². The van der Waals surface area contributed by atoms with Crippen LogP contribution in [-0.2, 0) is 9.53 Å². The van der Waals surface area contributed by atoms with Crippen molar-refractivity contribution in [2.24, 2.45) is 22.7 Å². The molecule has 0 bridgehead atoms. The van der Waals surface area contributed by atoms with Gasteiger partial charge in [0.05, 0.1) is 12.2 Å². The highest BCUT2D eigenvalue weighted by Gasteiger charge is 2.59. The fourth-order valence-corrected chi connectivity index (χ4v) is 6.71. The molecule has 5 atom stereocenters. The first-order valence-electron chi connectivity index (χ1n) is 12.2. The van der Waals surface area contributed by atoms with Crippen molar-refractivity contribution in [1.29, 1.82) is 0 Å². The Kier molecular flexibility index (Phi) is 7.58. The molecule has 2 aliphatic rings. The molecule has 33 heavy (non-hydrogen) atoms. The monoisotopic (exact) mass is 452 g/mol. The van der Waals surface area contributed by atoms with E-state index in [1.165, 1.54) is 6.08 Å². The van der Waals surface area contributed by atoms with E-state index in [9.17, 15) is 15.0 Å². The maximum Gasteiger partial charge on any atom is 0.330 e. The van der Waals surface area contributed by atoms with Gasteiger partial charge in [-0.3, -0.25) is 0 Å². The second kappa shape index (κ2) is 9.89. The highest BCUT2D eigenvalue weighted by Crippen LogP contribution is 2.63. The number of carbonyl (C=O) groups is 1. The normalized spacial score (nSPS) is 33.9. The molecule has 0 spiro atoms. The fraction of sp³-hybridized carbons (Fsp3) is 0.552. The van der Waals surface area contributed by atoms with Crippen molar-refractivity contribution >= 4 is 12.0 Å². The molecule has 0 amide bonds. The van der Waals surface area contributed by atoms with Crippen molar-refractivity contribution in [1.82, 2.24) is 0 Å². The third-order valence-electron chi connectivity index (χ3n) is 8.48. The summed E-state index contributed by atoms with van der Waals surface area (Å²) in [5.74, 6) is 0.403.